The summed E-state index contributed by atoms with van der Waals surface area (Å²) in [7, 11) is 0. The second-order valence-corrected chi connectivity index (χ2v) is 5.10. The van der Waals surface area contributed by atoms with Gasteiger partial charge in [-0.05, 0) is 59.0 Å². The summed E-state index contributed by atoms with van der Waals surface area (Å²) in [6.45, 7) is 2.47. The van der Waals surface area contributed by atoms with E-state index in [0.29, 0.717) is 13.0 Å². The summed E-state index contributed by atoms with van der Waals surface area (Å²) in [5, 5.41) is 6.07. The molecule has 2 N–H and O–H groups in total. The van der Waals surface area contributed by atoms with Crippen LogP contribution in [0, 0.1) is 3.77 Å². The lowest BCUT2D eigenvalue weighted by atomic mass is 10.2. The maximum Gasteiger partial charge on any atom is 0.224 e. The van der Waals surface area contributed by atoms with Crippen LogP contribution in [0.1, 0.15) is 19.1 Å². The Kier molecular flexibility index (Phi) is 4.84. The Morgan fingerprint density at radius 2 is 1.84 bits per heavy atom. The molecule has 0 saturated carbocycles. The van der Waals surface area contributed by atoms with Gasteiger partial charge < -0.3 is 15.1 Å². The van der Waals surface area contributed by atoms with Gasteiger partial charge in [0, 0.05) is 17.8 Å². The zero-order valence-electron chi connectivity index (χ0n) is 10.6. The van der Waals surface area contributed by atoms with E-state index in [1.54, 1.807) is 0 Å². The fourth-order valence-corrected chi connectivity index (χ4v) is 2.02. The van der Waals surface area contributed by atoms with Crippen LogP contribution in [-0.4, -0.2) is 5.91 Å². The van der Waals surface area contributed by atoms with Crippen LogP contribution in [0.4, 0.5) is 11.4 Å². The van der Waals surface area contributed by atoms with Gasteiger partial charge >= 0.3 is 0 Å². The molecule has 0 aliphatic heterocycles. The predicted octanol–water partition coefficient (Wildman–Crippen LogP) is 3.84. The van der Waals surface area contributed by atoms with Crippen LogP contribution in [0.15, 0.2) is 40.8 Å². The van der Waals surface area contributed by atoms with Gasteiger partial charge in [-0.3, -0.25) is 4.79 Å². The Bertz CT molecular complexity index is 549. The molecule has 0 spiro atoms. The number of nitrogens with one attached hydrogen (secondary N) is 2. The number of carbonyl (C=O) groups excluding carboxylic acids is 1. The minimum absolute atomic E-state index is 0.0193. The number of benzene rings is 1. The SMILES string of the molecule is CCC(=O)Nc1ccc(NCc2ccc(I)o2)cc1. The summed E-state index contributed by atoms with van der Waals surface area (Å²) in [6.07, 6.45) is 0.483. The van der Waals surface area contributed by atoms with Crippen molar-refractivity contribution < 1.29 is 9.21 Å². The van der Waals surface area contributed by atoms with Crippen molar-refractivity contribution in [1.82, 2.24) is 0 Å². The average molecular weight is 370 g/mol. The van der Waals surface area contributed by atoms with Crippen molar-refractivity contribution in [2.24, 2.45) is 0 Å². The zero-order valence-corrected chi connectivity index (χ0v) is 12.7. The quantitative estimate of drug-likeness (QED) is 0.787. The Morgan fingerprint density at radius 3 is 2.42 bits per heavy atom. The van der Waals surface area contributed by atoms with E-state index in [4.69, 9.17) is 4.42 Å². The van der Waals surface area contributed by atoms with Crippen LogP contribution >= 0.6 is 22.6 Å². The second kappa shape index (κ2) is 6.60. The number of rotatable bonds is 5. The molecule has 0 aliphatic carbocycles. The molecule has 100 valence electrons. The number of anilines is 2. The lowest BCUT2D eigenvalue weighted by Crippen LogP contribution is -2.09. The number of hydrogen-bond donors (Lipinski definition) is 2. The topological polar surface area (TPSA) is 54.3 Å². The third-order valence-electron chi connectivity index (χ3n) is 2.59. The number of hydrogen-bond acceptors (Lipinski definition) is 3. The average Bonchev–Trinajstić information content (AvgIpc) is 2.83. The van der Waals surface area contributed by atoms with Crippen LogP contribution < -0.4 is 10.6 Å². The number of amides is 1. The van der Waals surface area contributed by atoms with Crippen molar-refractivity contribution in [3.63, 3.8) is 0 Å². The molecule has 1 heterocycles. The summed E-state index contributed by atoms with van der Waals surface area (Å²) in [5.74, 6) is 0.915. The molecule has 2 rings (SSSR count). The summed E-state index contributed by atoms with van der Waals surface area (Å²) < 4.78 is 6.34. The van der Waals surface area contributed by atoms with Crippen molar-refractivity contribution in [2.75, 3.05) is 10.6 Å². The van der Waals surface area contributed by atoms with Gasteiger partial charge in [0.05, 0.1) is 6.54 Å². The van der Waals surface area contributed by atoms with Crippen molar-refractivity contribution in [1.29, 1.82) is 0 Å². The van der Waals surface area contributed by atoms with Crippen LogP contribution in [0.2, 0.25) is 0 Å². The molecule has 0 saturated heterocycles. The Balaban J connectivity index is 1.89. The molecule has 1 aromatic carbocycles. The summed E-state index contributed by atoms with van der Waals surface area (Å²) in [5.41, 5.74) is 1.80. The van der Waals surface area contributed by atoms with Gasteiger partial charge in [0.1, 0.15) is 5.76 Å². The van der Waals surface area contributed by atoms with E-state index < -0.39 is 0 Å². The monoisotopic (exact) mass is 370 g/mol. The van der Waals surface area contributed by atoms with Gasteiger partial charge in [-0.25, -0.2) is 0 Å². The van der Waals surface area contributed by atoms with Crippen LogP contribution in [0.3, 0.4) is 0 Å². The molecule has 1 aromatic heterocycles. The van der Waals surface area contributed by atoms with Crippen LogP contribution in [0.5, 0.6) is 0 Å². The Hall–Kier alpha value is -1.50. The first kappa shape index (κ1) is 13.9. The summed E-state index contributed by atoms with van der Waals surface area (Å²) in [4.78, 5) is 11.2. The minimum Gasteiger partial charge on any atom is -0.454 e. The lowest BCUT2D eigenvalue weighted by Gasteiger charge is -2.07. The molecule has 0 atom stereocenters. The zero-order chi connectivity index (χ0) is 13.7. The minimum atomic E-state index is 0.0193. The largest absolute Gasteiger partial charge is 0.454 e. The van der Waals surface area contributed by atoms with Crippen LogP contribution in [0.25, 0.3) is 0 Å². The maximum atomic E-state index is 11.2. The van der Waals surface area contributed by atoms with E-state index in [2.05, 4.69) is 33.2 Å². The van der Waals surface area contributed by atoms with Gasteiger partial charge in [-0.1, -0.05) is 6.92 Å². The number of furan rings is 1. The Labute approximate surface area is 125 Å². The van der Waals surface area contributed by atoms with E-state index in [0.717, 1.165) is 20.9 Å². The maximum absolute atomic E-state index is 11.2. The highest BCUT2D eigenvalue weighted by Gasteiger charge is 2.01. The fourth-order valence-electron chi connectivity index (χ4n) is 1.56. The van der Waals surface area contributed by atoms with Gasteiger partial charge in [0.15, 0.2) is 3.77 Å². The predicted molar refractivity (Wildman–Crippen MR) is 84.1 cm³/mol. The number of carbonyl (C=O) groups is 1. The van der Waals surface area contributed by atoms with Gasteiger partial charge in [-0.2, -0.15) is 0 Å². The highest BCUT2D eigenvalue weighted by atomic mass is 127. The molecule has 1 amide bonds. The summed E-state index contributed by atoms with van der Waals surface area (Å²) in [6, 6.07) is 11.5. The van der Waals surface area contributed by atoms with E-state index in [-0.39, 0.29) is 5.91 Å². The Morgan fingerprint density at radius 1 is 1.16 bits per heavy atom. The van der Waals surface area contributed by atoms with E-state index >= 15 is 0 Å². The molecule has 5 heteroatoms. The van der Waals surface area contributed by atoms with Crippen molar-refractivity contribution >= 4 is 39.9 Å². The normalized spacial score (nSPS) is 10.2. The molecule has 0 aliphatic rings. The van der Waals surface area contributed by atoms with E-state index in [1.165, 1.54) is 0 Å². The van der Waals surface area contributed by atoms with Gasteiger partial charge in [-0.15, -0.1) is 0 Å². The molecule has 0 bridgehead atoms. The first-order chi connectivity index (χ1) is 9.17. The van der Waals surface area contributed by atoms with Gasteiger partial charge in [0.25, 0.3) is 0 Å². The lowest BCUT2D eigenvalue weighted by molar-refractivity contribution is -0.115. The van der Waals surface area contributed by atoms with E-state index in [9.17, 15) is 4.79 Å². The highest BCUT2D eigenvalue weighted by Crippen LogP contribution is 2.16. The molecular formula is C14H15IN2O2. The fraction of sp³-hybridized carbons (Fsp3) is 0.214. The van der Waals surface area contributed by atoms with Crippen molar-refractivity contribution in [2.45, 2.75) is 19.9 Å². The first-order valence-corrected chi connectivity index (χ1v) is 7.13. The third kappa shape index (κ3) is 4.27. The van der Waals surface area contributed by atoms with Crippen LogP contribution in [-0.2, 0) is 11.3 Å². The molecule has 4 nitrogen and oxygen atoms in total. The molecule has 2 aromatic rings. The van der Waals surface area contributed by atoms with Crippen molar-refractivity contribution in [3.05, 3.63) is 45.9 Å². The molecule has 0 fully saturated rings. The molecule has 19 heavy (non-hydrogen) atoms. The number of halogens is 1. The highest BCUT2D eigenvalue weighted by molar-refractivity contribution is 14.1. The first-order valence-electron chi connectivity index (χ1n) is 6.05. The van der Waals surface area contributed by atoms with Crippen molar-refractivity contribution in [3.8, 4) is 0 Å². The molecular weight excluding hydrogens is 355 g/mol. The second-order valence-electron chi connectivity index (χ2n) is 4.04. The molecule has 0 unspecified atom stereocenters. The standard InChI is InChI=1S/C14H15IN2O2/c1-2-14(18)17-11-5-3-10(4-6-11)16-9-12-7-8-13(15)19-12/h3-8,16H,2,9H2,1H3,(H,17,18). The smallest absolute Gasteiger partial charge is 0.224 e. The summed E-state index contributed by atoms with van der Waals surface area (Å²) >= 11 is 2.14. The van der Waals surface area contributed by atoms with Gasteiger partial charge in [0.2, 0.25) is 5.91 Å². The third-order valence-corrected chi connectivity index (χ3v) is 3.17. The van der Waals surface area contributed by atoms with E-state index in [1.807, 2.05) is 43.3 Å². The molecule has 0 radical (unpaired) electrons.